The number of hydrogen-bond donors (Lipinski definition) is 0. The van der Waals surface area contributed by atoms with E-state index < -0.39 is 0 Å². The zero-order valence-electron chi connectivity index (χ0n) is 6.22. The summed E-state index contributed by atoms with van der Waals surface area (Å²) in [5.41, 5.74) is 0. The minimum absolute atomic E-state index is 0. The van der Waals surface area contributed by atoms with Crippen LogP contribution in [0.15, 0.2) is 0 Å². The van der Waals surface area contributed by atoms with E-state index in [0.717, 1.165) is 0 Å². The van der Waals surface area contributed by atoms with Gasteiger partial charge in [-0.2, -0.15) is 0 Å². The molecule has 0 radical (unpaired) electrons. The van der Waals surface area contributed by atoms with Crippen LogP contribution in [0.1, 0.15) is 27.7 Å². The molecule has 2 nitrogen and oxygen atoms in total. The van der Waals surface area contributed by atoms with E-state index in [4.69, 9.17) is 0 Å². The van der Waals surface area contributed by atoms with E-state index in [-0.39, 0.29) is 28.9 Å². The van der Waals surface area contributed by atoms with Crippen molar-refractivity contribution in [1.29, 1.82) is 0 Å². The van der Waals surface area contributed by atoms with Crippen LogP contribution in [-0.2, 0) is 27.0 Å². The van der Waals surface area contributed by atoms with E-state index in [1.807, 2.05) is 0 Å². The molecule has 0 saturated heterocycles. The molecular formula is C6H12CrO2. The zero-order valence-corrected chi connectivity index (χ0v) is 7.50. The summed E-state index contributed by atoms with van der Waals surface area (Å²) in [4.78, 5) is 18.9. The average molecular weight is 168 g/mol. The van der Waals surface area contributed by atoms with E-state index in [2.05, 4.69) is 0 Å². The Morgan fingerprint density at radius 3 is 0.778 bits per heavy atom. The number of carbonyl (C=O) groups excluding carboxylic acids is 2. The van der Waals surface area contributed by atoms with Gasteiger partial charge >= 0.3 is 0 Å². The summed E-state index contributed by atoms with van der Waals surface area (Å²) in [6.45, 7) is 6.11. The summed E-state index contributed by atoms with van der Waals surface area (Å²) < 4.78 is 0. The minimum atomic E-state index is 0. The summed E-state index contributed by atoms with van der Waals surface area (Å²) in [6, 6.07) is 0. The van der Waals surface area contributed by atoms with Gasteiger partial charge in [-0.3, -0.25) is 0 Å². The molecule has 0 aromatic rings. The number of Topliss-reactive ketones (excluding diaryl/α,β-unsaturated/α-hetero) is 2. The van der Waals surface area contributed by atoms with Crippen LogP contribution >= 0.6 is 0 Å². The minimum Gasteiger partial charge on any atom is -0.300 e. The van der Waals surface area contributed by atoms with Gasteiger partial charge in [-0.25, -0.2) is 0 Å². The molecule has 0 unspecified atom stereocenters. The van der Waals surface area contributed by atoms with Crippen molar-refractivity contribution in [2.75, 3.05) is 0 Å². The molecule has 3 heteroatoms. The van der Waals surface area contributed by atoms with Crippen molar-refractivity contribution in [3.05, 3.63) is 0 Å². The van der Waals surface area contributed by atoms with Crippen molar-refractivity contribution in [1.82, 2.24) is 0 Å². The molecule has 0 aromatic heterocycles. The quantitative estimate of drug-likeness (QED) is 0.544. The summed E-state index contributed by atoms with van der Waals surface area (Å²) >= 11 is 0. The molecule has 54 valence electrons. The first-order valence-electron chi connectivity index (χ1n) is 2.41. The third-order valence-electron chi connectivity index (χ3n) is 0. The third kappa shape index (κ3) is 16700. The van der Waals surface area contributed by atoms with Gasteiger partial charge in [-0.1, -0.05) is 0 Å². The first-order chi connectivity index (χ1) is 3.46. The van der Waals surface area contributed by atoms with Gasteiger partial charge in [-0.15, -0.1) is 0 Å². The Morgan fingerprint density at radius 1 is 0.778 bits per heavy atom. The van der Waals surface area contributed by atoms with E-state index in [1.54, 1.807) is 0 Å². The van der Waals surface area contributed by atoms with Crippen molar-refractivity contribution >= 4 is 11.6 Å². The largest absolute Gasteiger partial charge is 0.300 e. The summed E-state index contributed by atoms with van der Waals surface area (Å²) in [7, 11) is 0. The molecule has 0 N–H and O–H groups in total. The fourth-order valence-corrected chi connectivity index (χ4v) is 0. The van der Waals surface area contributed by atoms with Crippen LogP contribution in [0.3, 0.4) is 0 Å². The smallest absolute Gasteiger partial charge is 0.126 e. The van der Waals surface area contributed by atoms with Crippen molar-refractivity contribution < 1.29 is 27.0 Å². The summed E-state index contributed by atoms with van der Waals surface area (Å²) in [5.74, 6) is 0.333. The molecule has 0 fully saturated rings. The zero-order chi connectivity index (χ0) is 7.15. The average Bonchev–Trinajstić information content (AvgIpc) is 1.25. The summed E-state index contributed by atoms with van der Waals surface area (Å²) in [5, 5.41) is 0. The fraction of sp³-hybridized carbons (Fsp3) is 0.667. The monoisotopic (exact) mass is 168 g/mol. The first-order valence-corrected chi connectivity index (χ1v) is 2.41. The Bertz CT molecular complexity index is 69.1. The normalized spacial score (nSPS) is 5.78. The van der Waals surface area contributed by atoms with Crippen LogP contribution < -0.4 is 0 Å². The predicted octanol–water partition coefficient (Wildman–Crippen LogP) is 1.19. The number of hydrogen-bond acceptors (Lipinski definition) is 2. The molecule has 0 amide bonds. The molecule has 9 heavy (non-hydrogen) atoms. The van der Waals surface area contributed by atoms with Gasteiger partial charge in [0.25, 0.3) is 0 Å². The Morgan fingerprint density at radius 2 is 0.778 bits per heavy atom. The van der Waals surface area contributed by atoms with Crippen molar-refractivity contribution in [3.63, 3.8) is 0 Å². The van der Waals surface area contributed by atoms with Crippen molar-refractivity contribution in [2.24, 2.45) is 0 Å². The second kappa shape index (κ2) is 10.8. The molecule has 0 aliphatic heterocycles. The van der Waals surface area contributed by atoms with Crippen LogP contribution in [-0.4, -0.2) is 11.6 Å². The van der Waals surface area contributed by atoms with Gasteiger partial charge in [0, 0.05) is 17.4 Å². The molecule has 0 aliphatic carbocycles. The third-order valence-corrected chi connectivity index (χ3v) is 0. The maximum Gasteiger partial charge on any atom is 0.126 e. The number of carbonyl (C=O) groups is 2. The molecule has 0 heterocycles. The SMILES string of the molecule is CC(C)=O.CC(C)=O.[Cr]. The van der Waals surface area contributed by atoms with E-state index in [0.29, 0.717) is 0 Å². The topological polar surface area (TPSA) is 34.1 Å². The Hall–Kier alpha value is -0.128. The van der Waals surface area contributed by atoms with Crippen LogP contribution in [0.25, 0.3) is 0 Å². The van der Waals surface area contributed by atoms with Crippen LogP contribution in [0.2, 0.25) is 0 Å². The van der Waals surface area contributed by atoms with Gasteiger partial charge < -0.3 is 9.59 Å². The van der Waals surface area contributed by atoms with Gasteiger partial charge in [0.15, 0.2) is 0 Å². The molecule has 0 aromatic carbocycles. The molecule has 0 atom stereocenters. The van der Waals surface area contributed by atoms with Crippen molar-refractivity contribution in [3.8, 4) is 0 Å². The molecule has 0 spiro atoms. The first kappa shape index (κ1) is 15.9. The molecule has 0 aliphatic rings. The summed E-state index contributed by atoms with van der Waals surface area (Å²) in [6.07, 6.45) is 0. The van der Waals surface area contributed by atoms with Gasteiger partial charge in [0.2, 0.25) is 0 Å². The number of rotatable bonds is 0. The molecule has 0 rings (SSSR count). The van der Waals surface area contributed by atoms with E-state index in [9.17, 15) is 9.59 Å². The van der Waals surface area contributed by atoms with Gasteiger partial charge in [0.05, 0.1) is 0 Å². The van der Waals surface area contributed by atoms with Crippen LogP contribution in [0.4, 0.5) is 0 Å². The molecule has 0 bridgehead atoms. The Kier molecular flexibility index (Phi) is 19.1. The number of ketones is 2. The Balaban J connectivity index is -0.0000000720. The standard InChI is InChI=1S/2C3H6O.Cr/c2*1-3(2)4;/h2*1-2H3;. The Labute approximate surface area is 66.8 Å². The second-order valence-electron chi connectivity index (χ2n) is 1.82. The van der Waals surface area contributed by atoms with Gasteiger partial charge in [-0.05, 0) is 27.7 Å². The maximum atomic E-state index is 9.44. The fourth-order valence-electron chi connectivity index (χ4n) is 0. The van der Waals surface area contributed by atoms with Crippen LogP contribution in [0, 0.1) is 0 Å². The molecule has 0 saturated carbocycles. The van der Waals surface area contributed by atoms with Gasteiger partial charge in [0.1, 0.15) is 11.6 Å². The maximum absolute atomic E-state index is 9.44. The van der Waals surface area contributed by atoms with Crippen LogP contribution in [0.5, 0.6) is 0 Å². The van der Waals surface area contributed by atoms with E-state index >= 15 is 0 Å². The predicted molar refractivity (Wildman–Crippen MR) is 32.7 cm³/mol. The second-order valence-corrected chi connectivity index (χ2v) is 1.82. The van der Waals surface area contributed by atoms with E-state index in [1.165, 1.54) is 27.7 Å². The molecular weight excluding hydrogens is 156 g/mol. The van der Waals surface area contributed by atoms with Crippen molar-refractivity contribution in [2.45, 2.75) is 27.7 Å².